The summed E-state index contributed by atoms with van der Waals surface area (Å²) in [6, 6.07) is 5.24. The van der Waals surface area contributed by atoms with E-state index in [4.69, 9.17) is 0 Å². The van der Waals surface area contributed by atoms with Gasteiger partial charge in [-0.1, -0.05) is 6.07 Å². The number of carbonyl (C=O) groups excluding carboxylic acids is 2. The fourth-order valence-corrected chi connectivity index (χ4v) is 1.76. The number of nitrogens with one attached hydrogen (secondary N) is 3. The highest BCUT2D eigenvalue weighted by Crippen LogP contribution is 2.22. The summed E-state index contributed by atoms with van der Waals surface area (Å²) in [4.78, 5) is 27.2. The molecular formula is C14H16N6O2. The van der Waals surface area contributed by atoms with Gasteiger partial charge in [-0.25, -0.2) is 4.98 Å². The normalized spacial score (nSPS) is 9.95. The number of rotatable bonds is 4. The molecule has 0 fully saturated rings. The molecule has 2 heterocycles. The van der Waals surface area contributed by atoms with Crippen molar-refractivity contribution in [3.05, 3.63) is 35.7 Å². The molecule has 0 aromatic carbocycles. The summed E-state index contributed by atoms with van der Waals surface area (Å²) in [6.45, 7) is 3.25. The number of carbonyl (C=O) groups is 2. The largest absolute Gasteiger partial charge is 0.354 e. The van der Waals surface area contributed by atoms with Crippen LogP contribution in [0.1, 0.15) is 23.0 Å². The van der Waals surface area contributed by atoms with Crippen LogP contribution in [0, 0.1) is 6.92 Å². The molecular weight excluding hydrogens is 284 g/mol. The number of hydrogen-bond donors (Lipinski definition) is 3. The van der Waals surface area contributed by atoms with Crippen molar-refractivity contribution in [3.8, 4) is 0 Å². The quantitative estimate of drug-likeness (QED) is 0.784. The van der Waals surface area contributed by atoms with Crippen LogP contribution in [0.3, 0.4) is 0 Å². The Morgan fingerprint density at radius 2 is 2.00 bits per heavy atom. The zero-order chi connectivity index (χ0) is 16.1. The third-order valence-electron chi connectivity index (χ3n) is 2.80. The molecule has 0 atom stereocenters. The van der Waals surface area contributed by atoms with Crippen LogP contribution < -0.4 is 16.0 Å². The van der Waals surface area contributed by atoms with Crippen molar-refractivity contribution in [2.24, 2.45) is 0 Å². The van der Waals surface area contributed by atoms with Gasteiger partial charge >= 0.3 is 0 Å². The highest BCUT2D eigenvalue weighted by atomic mass is 16.2. The lowest BCUT2D eigenvalue weighted by Crippen LogP contribution is -2.22. The van der Waals surface area contributed by atoms with Gasteiger partial charge < -0.3 is 16.0 Å². The van der Waals surface area contributed by atoms with Gasteiger partial charge in [0.15, 0.2) is 11.5 Å². The Kier molecular flexibility index (Phi) is 4.62. The topological polar surface area (TPSA) is 109 Å². The van der Waals surface area contributed by atoms with Crippen molar-refractivity contribution in [2.45, 2.75) is 13.8 Å². The predicted octanol–water partition coefficient (Wildman–Crippen LogP) is 1.24. The van der Waals surface area contributed by atoms with E-state index in [0.29, 0.717) is 11.5 Å². The molecule has 2 amide bonds. The van der Waals surface area contributed by atoms with Gasteiger partial charge in [0.05, 0.1) is 5.69 Å². The SMILES string of the molecule is CNC(=O)c1nnc(NC(C)=O)cc1Nc1ncccc1C. The molecule has 0 radical (unpaired) electrons. The fourth-order valence-electron chi connectivity index (χ4n) is 1.76. The molecule has 0 unspecified atom stereocenters. The molecule has 2 aromatic heterocycles. The predicted molar refractivity (Wildman–Crippen MR) is 82.0 cm³/mol. The lowest BCUT2D eigenvalue weighted by Gasteiger charge is -2.12. The van der Waals surface area contributed by atoms with E-state index >= 15 is 0 Å². The van der Waals surface area contributed by atoms with E-state index in [1.54, 1.807) is 6.20 Å². The summed E-state index contributed by atoms with van der Waals surface area (Å²) >= 11 is 0. The van der Waals surface area contributed by atoms with Crippen molar-refractivity contribution < 1.29 is 9.59 Å². The van der Waals surface area contributed by atoms with Crippen LogP contribution in [-0.4, -0.2) is 34.0 Å². The average molecular weight is 300 g/mol. The number of aromatic nitrogens is 3. The Morgan fingerprint density at radius 1 is 1.23 bits per heavy atom. The van der Waals surface area contributed by atoms with Crippen LogP contribution in [0.5, 0.6) is 0 Å². The van der Waals surface area contributed by atoms with Gasteiger partial charge in [-0.3, -0.25) is 9.59 Å². The monoisotopic (exact) mass is 300 g/mol. The van der Waals surface area contributed by atoms with Gasteiger partial charge in [0.2, 0.25) is 5.91 Å². The number of anilines is 3. The molecule has 114 valence electrons. The summed E-state index contributed by atoms with van der Waals surface area (Å²) in [6.07, 6.45) is 1.64. The maximum absolute atomic E-state index is 11.9. The molecule has 2 aromatic rings. The number of nitrogens with zero attached hydrogens (tertiary/aromatic N) is 3. The minimum absolute atomic E-state index is 0.113. The van der Waals surface area contributed by atoms with Gasteiger partial charge in [-0.05, 0) is 18.6 Å². The van der Waals surface area contributed by atoms with Gasteiger partial charge in [0.1, 0.15) is 5.82 Å². The highest BCUT2D eigenvalue weighted by Gasteiger charge is 2.15. The molecule has 0 bridgehead atoms. The molecule has 0 saturated carbocycles. The fraction of sp³-hybridized carbons (Fsp3) is 0.214. The molecule has 8 heteroatoms. The lowest BCUT2D eigenvalue weighted by atomic mass is 10.2. The second-order valence-corrected chi connectivity index (χ2v) is 4.55. The summed E-state index contributed by atoms with van der Waals surface area (Å²) in [7, 11) is 1.50. The Morgan fingerprint density at radius 3 is 2.64 bits per heavy atom. The minimum atomic E-state index is -0.391. The molecule has 0 spiro atoms. The third kappa shape index (κ3) is 3.54. The second-order valence-electron chi connectivity index (χ2n) is 4.55. The van der Waals surface area contributed by atoms with E-state index in [1.807, 2.05) is 19.1 Å². The van der Waals surface area contributed by atoms with E-state index in [1.165, 1.54) is 20.0 Å². The summed E-state index contributed by atoms with van der Waals surface area (Å²) in [5, 5.41) is 15.7. The third-order valence-corrected chi connectivity index (χ3v) is 2.80. The summed E-state index contributed by atoms with van der Waals surface area (Å²) in [5.74, 6) is 0.172. The summed E-state index contributed by atoms with van der Waals surface area (Å²) < 4.78 is 0. The average Bonchev–Trinajstić information content (AvgIpc) is 2.48. The lowest BCUT2D eigenvalue weighted by molar-refractivity contribution is -0.114. The number of aryl methyl sites for hydroxylation is 1. The maximum atomic E-state index is 11.9. The van der Waals surface area contributed by atoms with E-state index in [2.05, 4.69) is 31.1 Å². The van der Waals surface area contributed by atoms with Crippen molar-refractivity contribution in [1.29, 1.82) is 0 Å². The minimum Gasteiger partial charge on any atom is -0.354 e. The van der Waals surface area contributed by atoms with Crippen LogP contribution in [0.4, 0.5) is 17.3 Å². The Labute approximate surface area is 127 Å². The molecule has 0 saturated heterocycles. The van der Waals surface area contributed by atoms with E-state index < -0.39 is 5.91 Å². The molecule has 0 aliphatic rings. The van der Waals surface area contributed by atoms with Gasteiger partial charge in [-0.2, -0.15) is 0 Å². The first-order valence-corrected chi connectivity index (χ1v) is 6.57. The second kappa shape index (κ2) is 6.61. The maximum Gasteiger partial charge on any atom is 0.273 e. The Hall–Kier alpha value is -3.03. The first-order chi connectivity index (χ1) is 10.5. The van der Waals surface area contributed by atoms with E-state index in [9.17, 15) is 9.59 Å². The van der Waals surface area contributed by atoms with Crippen LogP contribution >= 0.6 is 0 Å². The molecule has 0 aliphatic carbocycles. The number of hydrogen-bond acceptors (Lipinski definition) is 6. The van der Waals surface area contributed by atoms with Crippen LogP contribution in [0.25, 0.3) is 0 Å². The Balaban J connectivity index is 2.42. The van der Waals surface area contributed by atoms with E-state index in [0.717, 1.165) is 5.56 Å². The van der Waals surface area contributed by atoms with Gasteiger partial charge in [0.25, 0.3) is 5.91 Å². The molecule has 0 aliphatic heterocycles. The van der Waals surface area contributed by atoms with Crippen molar-refractivity contribution >= 4 is 29.1 Å². The van der Waals surface area contributed by atoms with Crippen LogP contribution in [-0.2, 0) is 4.79 Å². The number of pyridine rings is 1. The smallest absolute Gasteiger partial charge is 0.273 e. The molecule has 22 heavy (non-hydrogen) atoms. The van der Waals surface area contributed by atoms with Crippen molar-refractivity contribution in [1.82, 2.24) is 20.5 Å². The standard InChI is InChI=1S/C14H16N6O2/c1-8-5-4-6-16-13(8)18-10-7-11(17-9(2)21)19-20-12(10)14(22)15-3/h4-7H,1-3H3,(H,15,22)(H2,16,17,18,19,21). The highest BCUT2D eigenvalue weighted by molar-refractivity contribution is 5.99. The van der Waals surface area contributed by atoms with Gasteiger partial charge in [0, 0.05) is 26.2 Å². The van der Waals surface area contributed by atoms with Crippen molar-refractivity contribution in [3.63, 3.8) is 0 Å². The van der Waals surface area contributed by atoms with Crippen LogP contribution in [0.2, 0.25) is 0 Å². The molecule has 3 N–H and O–H groups in total. The number of amides is 2. The van der Waals surface area contributed by atoms with Crippen molar-refractivity contribution in [2.75, 3.05) is 17.7 Å². The Bertz CT molecular complexity index is 716. The van der Waals surface area contributed by atoms with E-state index in [-0.39, 0.29) is 17.4 Å². The first-order valence-electron chi connectivity index (χ1n) is 6.57. The molecule has 2 rings (SSSR count). The zero-order valence-electron chi connectivity index (χ0n) is 12.5. The van der Waals surface area contributed by atoms with Crippen LogP contribution in [0.15, 0.2) is 24.4 Å². The zero-order valence-corrected chi connectivity index (χ0v) is 12.5. The molecule has 8 nitrogen and oxygen atoms in total. The first kappa shape index (κ1) is 15.4. The summed E-state index contributed by atoms with van der Waals surface area (Å²) in [5.41, 5.74) is 1.42. The van der Waals surface area contributed by atoms with Gasteiger partial charge in [-0.15, -0.1) is 10.2 Å².